The van der Waals surface area contributed by atoms with Crippen molar-refractivity contribution in [1.29, 1.82) is 0 Å². The van der Waals surface area contributed by atoms with Gasteiger partial charge >= 0.3 is 0 Å². The van der Waals surface area contributed by atoms with Crippen molar-refractivity contribution in [2.24, 2.45) is 0 Å². The second kappa shape index (κ2) is 5.80. The van der Waals surface area contributed by atoms with E-state index in [2.05, 4.69) is 5.32 Å². The Balaban J connectivity index is 2.18. The van der Waals surface area contributed by atoms with Gasteiger partial charge in [-0.3, -0.25) is 0 Å². The quantitative estimate of drug-likeness (QED) is 0.577. The van der Waals surface area contributed by atoms with E-state index in [0.29, 0.717) is 6.04 Å². The smallest absolute Gasteiger partial charge is 0.0607 e. The Kier molecular flexibility index (Phi) is 4.99. The van der Waals surface area contributed by atoms with Crippen molar-refractivity contribution >= 4 is 11.8 Å². The lowest BCUT2D eigenvalue weighted by molar-refractivity contribution is 0.162. The molecule has 0 amide bonds. The molecule has 1 atom stereocenters. The maximum absolute atomic E-state index is 8.83. The normalized spacial score (nSPS) is 24.8. The lowest BCUT2D eigenvalue weighted by Crippen LogP contribution is -2.45. The maximum Gasteiger partial charge on any atom is 0.0607 e. The molecule has 1 aliphatic heterocycles. The minimum absolute atomic E-state index is 0.0255. The third-order valence-electron chi connectivity index (χ3n) is 2.07. The predicted octanol–water partition coefficient (Wildman–Crippen LogP) is -0.175. The Morgan fingerprint density at radius 3 is 2.67 bits per heavy atom. The molecule has 4 heteroatoms. The highest BCUT2D eigenvalue weighted by atomic mass is 32.2. The third kappa shape index (κ3) is 3.31. The van der Waals surface area contributed by atoms with Gasteiger partial charge in [-0.15, -0.1) is 0 Å². The Morgan fingerprint density at radius 1 is 1.42 bits per heavy atom. The highest BCUT2D eigenvalue weighted by Crippen LogP contribution is 2.17. The molecule has 0 unspecified atom stereocenters. The molecule has 0 aromatic rings. The number of aliphatic hydroxyl groups is 2. The van der Waals surface area contributed by atoms with Gasteiger partial charge in [-0.25, -0.2) is 0 Å². The molecule has 0 bridgehead atoms. The summed E-state index contributed by atoms with van der Waals surface area (Å²) in [6.07, 6.45) is 2.41. The van der Waals surface area contributed by atoms with Crippen LogP contribution < -0.4 is 5.32 Å². The molecular formula is C8H17NO2S. The van der Waals surface area contributed by atoms with Gasteiger partial charge in [0.15, 0.2) is 0 Å². The Labute approximate surface area is 77.5 Å². The summed E-state index contributed by atoms with van der Waals surface area (Å²) in [5.41, 5.74) is 0. The summed E-state index contributed by atoms with van der Waals surface area (Å²) in [7, 11) is 0. The summed E-state index contributed by atoms with van der Waals surface area (Å²) in [6.45, 7) is 0.0509. The van der Waals surface area contributed by atoms with Crippen molar-refractivity contribution in [2.75, 3.05) is 24.7 Å². The lowest BCUT2D eigenvalue weighted by Gasteiger charge is -2.26. The Morgan fingerprint density at radius 2 is 2.17 bits per heavy atom. The zero-order chi connectivity index (χ0) is 8.81. The molecule has 1 aliphatic rings. The summed E-state index contributed by atoms with van der Waals surface area (Å²) in [4.78, 5) is 0. The third-order valence-corrected chi connectivity index (χ3v) is 3.29. The molecular weight excluding hydrogens is 174 g/mol. The van der Waals surface area contributed by atoms with Gasteiger partial charge in [0.25, 0.3) is 0 Å². The molecule has 72 valence electrons. The van der Waals surface area contributed by atoms with E-state index in [-0.39, 0.29) is 19.3 Å². The Bertz CT molecular complexity index is 114. The molecule has 1 fully saturated rings. The van der Waals surface area contributed by atoms with Crippen LogP contribution in [0.3, 0.4) is 0 Å². The van der Waals surface area contributed by atoms with E-state index in [1.54, 1.807) is 0 Å². The van der Waals surface area contributed by atoms with Crippen molar-refractivity contribution in [3.8, 4) is 0 Å². The summed E-state index contributed by atoms with van der Waals surface area (Å²) < 4.78 is 0. The van der Waals surface area contributed by atoms with Crippen LogP contribution in [-0.4, -0.2) is 47.0 Å². The summed E-state index contributed by atoms with van der Waals surface area (Å²) in [6, 6.07) is 0.349. The molecule has 0 spiro atoms. The first-order valence-corrected chi connectivity index (χ1v) is 5.57. The van der Waals surface area contributed by atoms with Gasteiger partial charge in [0.1, 0.15) is 0 Å². The second-order valence-corrected chi connectivity index (χ2v) is 4.29. The number of rotatable bonds is 4. The summed E-state index contributed by atoms with van der Waals surface area (Å²) in [5.74, 6) is 2.36. The van der Waals surface area contributed by atoms with E-state index in [9.17, 15) is 0 Å². The van der Waals surface area contributed by atoms with Crippen LogP contribution >= 0.6 is 11.8 Å². The fraction of sp³-hybridized carbons (Fsp3) is 1.00. The standard InChI is InChI=1S/C8H17NO2S/c10-4-8(5-11)9-7-2-1-3-12-6-7/h7-11H,1-6H2/t7-/m1/s1. The minimum atomic E-state index is -0.131. The van der Waals surface area contributed by atoms with E-state index in [1.807, 2.05) is 11.8 Å². The van der Waals surface area contributed by atoms with E-state index < -0.39 is 0 Å². The van der Waals surface area contributed by atoms with Crippen LogP contribution in [0.4, 0.5) is 0 Å². The van der Waals surface area contributed by atoms with Crippen LogP contribution in [0.15, 0.2) is 0 Å². The summed E-state index contributed by atoms with van der Waals surface area (Å²) >= 11 is 1.94. The van der Waals surface area contributed by atoms with Crippen molar-refractivity contribution in [2.45, 2.75) is 24.9 Å². The molecule has 3 nitrogen and oxygen atoms in total. The number of hydrogen-bond acceptors (Lipinski definition) is 4. The fourth-order valence-electron chi connectivity index (χ4n) is 1.37. The zero-order valence-electron chi connectivity index (χ0n) is 7.20. The van der Waals surface area contributed by atoms with Crippen LogP contribution in [0.2, 0.25) is 0 Å². The average molecular weight is 191 g/mol. The molecule has 0 saturated carbocycles. The van der Waals surface area contributed by atoms with Crippen molar-refractivity contribution in [1.82, 2.24) is 5.32 Å². The highest BCUT2D eigenvalue weighted by molar-refractivity contribution is 7.99. The predicted molar refractivity (Wildman–Crippen MR) is 51.4 cm³/mol. The Hall–Kier alpha value is 0.230. The molecule has 0 aliphatic carbocycles. The van der Waals surface area contributed by atoms with Crippen LogP contribution in [-0.2, 0) is 0 Å². The topological polar surface area (TPSA) is 52.5 Å². The number of nitrogens with one attached hydrogen (secondary N) is 1. The van der Waals surface area contributed by atoms with Crippen LogP contribution in [0.5, 0.6) is 0 Å². The molecule has 3 N–H and O–H groups in total. The maximum atomic E-state index is 8.83. The van der Waals surface area contributed by atoms with Crippen LogP contribution in [0, 0.1) is 0 Å². The second-order valence-electron chi connectivity index (χ2n) is 3.14. The monoisotopic (exact) mass is 191 g/mol. The number of hydrogen-bond donors (Lipinski definition) is 3. The molecule has 0 aromatic carbocycles. The van der Waals surface area contributed by atoms with Gasteiger partial charge in [0.05, 0.1) is 19.3 Å². The molecule has 0 radical (unpaired) electrons. The minimum Gasteiger partial charge on any atom is -0.395 e. The van der Waals surface area contributed by atoms with E-state index in [0.717, 1.165) is 5.75 Å². The average Bonchev–Trinajstić information content (AvgIpc) is 2.16. The molecule has 12 heavy (non-hydrogen) atoms. The number of aliphatic hydroxyl groups excluding tert-OH is 2. The molecule has 0 aromatic heterocycles. The molecule has 1 saturated heterocycles. The van der Waals surface area contributed by atoms with Gasteiger partial charge in [-0.05, 0) is 18.6 Å². The van der Waals surface area contributed by atoms with E-state index in [1.165, 1.54) is 18.6 Å². The fourth-order valence-corrected chi connectivity index (χ4v) is 2.45. The number of thioether (sulfide) groups is 1. The first-order valence-electron chi connectivity index (χ1n) is 4.42. The van der Waals surface area contributed by atoms with Gasteiger partial charge in [-0.2, -0.15) is 11.8 Å². The van der Waals surface area contributed by atoms with E-state index in [4.69, 9.17) is 10.2 Å². The lowest BCUT2D eigenvalue weighted by atomic mass is 10.1. The van der Waals surface area contributed by atoms with Gasteiger partial charge in [-0.1, -0.05) is 0 Å². The van der Waals surface area contributed by atoms with Gasteiger partial charge < -0.3 is 15.5 Å². The zero-order valence-corrected chi connectivity index (χ0v) is 8.02. The van der Waals surface area contributed by atoms with Gasteiger partial charge in [0.2, 0.25) is 0 Å². The SMILES string of the molecule is OCC(CO)N[C@@H]1CCCSC1. The van der Waals surface area contributed by atoms with Crippen LogP contribution in [0.25, 0.3) is 0 Å². The molecule has 1 rings (SSSR count). The molecule has 1 heterocycles. The van der Waals surface area contributed by atoms with Crippen molar-refractivity contribution in [3.05, 3.63) is 0 Å². The van der Waals surface area contributed by atoms with Crippen molar-refractivity contribution in [3.63, 3.8) is 0 Å². The van der Waals surface area contributed by atoms with Crippen LogP contribution in [0.1, 0.15) is 12.8 Å². The van der Waals surface area contributed by atoms with Gasteiger partial charge in [0, 0.05) is 11.8 Å². The van der Waals surface area contributed by atoms with Crippen molar-refractivity contribution < 1.29 is 10.2 Å². The first-order chi connectivity index (χ1) is 5.86. The first kappa shape index (κ1) is 10.3. The largest absolute Gasteiger partial charge is 0.395 e. The van der Waals surface area contributed by atoms with E-state index >= 15 is 0 Å². The highest BCUT2D eigenvalue weighted by Gasteiger charge is 2.16. The summed E-state index contributed by atoms with van der Waals surface area (Å²) in [5, 5.41) is 20.9.